The Morgan fingerprint density at radius 1 is 1.50 bits per heavy atom. The molecular formula is C10H16N4O4. The van der Waals surface area contributed by atoms with Crippen LogP contribution in [-0.2, 0) is 20.8 Å². The lowest BCUT2D eigenvalue weighted by Gasteiger charge is -2.10. The third-order valence-electron chi connectivity index (χ3n) is 2.34. The van der Waals surface area contributed by atoms with Crippen LogP contribution in [-0.4, -0.2) is 40.1 Å². The van der Waals surface area contributed by atoms with Crippen molar-refractivity contribution in [3.8, 4) is 0 Å². The third-order valence-corrected chi connectivity index (χ3v) is 2.34. The molecule has 0 spiro atoms. The number of carbonyl (C=O) groups is 2. The second-order valence-corrected chi connectivity index (χ2v) is 3.68. The molecule has 1 heterocycles. The summed E-state index contributed by atoms with van der Waals surface area (Å²) in [7, 11) is 1.21. The molecule has 1 unspecified atom stereocenters. The molecular weight excluding hydrogens is 240 g/mol. The molecule has 0 saturated heterocycles. The van der Waals surface area contributed by atoms with Gasteiger partial charge in [-0.3, -0.25) is 4.79 Å². The van der Waals surface area contributed by atoms with E-state index in [9.17, 15) is 9.59 Å². The van der Waals surface area contributed by atoms with Gasteiger partial charge in [-0.15, -0.1) is 5.10 Å². The van der Waals surface area contributed by atoms with Gasteiger partial charge in [0.15, 0.2) is 5.82 Å². The summed E-state index contributed by atoms with van der Waals surface area (Å²) in [4.78, 5) is 22.7. The van der Waals surface area contributed by atoms with Crippen molar-refractivity contribution in [1.82, 2.24) is 15.0 Å². The minimum Gasteiger partial charge on any atom is -0.464 e. The van der Waals surface area contributed by atoms with Gasteiger partial charge in [-0.1, -0.05) is 12.1 Å². The van der Waals surface area contributed by atoms with Gasteiger partial charge in [0.2, 0.25) is 5.69 Å². The summed E-state index contributed by atoms with van der Waals surface area (Å²) >= 11 is 0. The molecule has 18 heavy (non-hydrogen) atoms. The van der Waals surface area contributed by atoms with Crippen LogP contribution in [0.15, 0.2) is 0 Å². The molecule has 2 N–H and O–H groups in total. The quantitative estimate of drug-likeness (QED) is 0.737. The summed E-state index contributed by atoms with van der Waals surface area (Å²) in [6, 6.07) is 0. The SMILES string of the molecule is CCC(C)OC(=O)Cn1nnc(C(=O)OC)c1N. The van der Waals surface area contributed by atoms with Crippen molar-refractivity contribution in [2.45, 2.75) is 32.9 Å². The van der Waals surface area contributed by atoms with Crippen molar-refractivity contribution in [1.29, 1.82) is 0 Å². The van der Waals surface area contributed by atoms with Crippen LogP contribution in [0.25, 0.3) is 0 Å². The fraction of sp³-hybridized carbons (Fsp3) is 0.600. The maximum atomic E-state index is 11.5. The highest BCUT2D eigenvalue weighted by molar-refractivity contribution is 5.91. The normalized spacial score (nSPS) is 11.9. The maximum Gasteiger partial charge on any atom is 0.362 e. The molecule has 1 aromatic heterocycles. The number of nitrogens with two attached hydrogens (primary N) is 1. The summed E-state index contributed by atoms with van der Waals surface area (Å²) in [6.45, 7) is 3.49. The van der Waals surface area contributed by atoms with E-state index in [-0.39, 0.29) is 24.2 Å². The number of ether oxygens (including phenoxy) is 2. The zero-order chi connectivity index (χ0) is 13.7. The van der Waals surface area contributed by atoms with Crippen molar-refractivity contribution in [2.75, 3.05) is 12.8 Å². The first-order valence-corrected chi connectivity index (χ1v) is 5.46. The molecule has 8 nitrogen and oxygen atoms in total. The van der Waals surface area contributed by atoms with Crippen LogP contribution >= 0.6 is 0 Å². The number of hydrogen-bond donors (Lipinski definition) is 1. The van der Waals surface area contributed by atoms with E-state index in [0.29, 0.717) is 6.42 Å². The highest BCUT2D eigenvalue weighted by atomic mass is 16.5. The van der Waals surface area contributed by atoms with Crippen LogP contribution in [0.4, 0.5) is 5.82 Å². The average molecular weight is 256 g/mol. The van der Waals surface area contributed by atoms with Gasteiger partial charge >= 0.3 is 11.9 Å². The van der Waals surface area contributed by atoms with Gasteiger partial charge < -0.3 is 15.2 Å². The fourth-order valence-corrected chi connectivity index (χ4v) is 1.15. The third kappa shape index (κ3) is 3.19. The summed E-state index contributed by atoms with van der Waals surface area (Å²) in [5.41, 5.74) is 5.50. The number of esters is 2. The van der Waals surface area contributed by atoms with Gasteiger partial charge in [0.05, 0.1) is 13.2 Å². The van der Waals surface area contributed by atoms with Crippen molar-refractivity contribution in [3.05, 3.63) is 5.69 Å². The number of rotatable bonds is 5. The first-order chi connectivity index (χ1) is 8.49. The monoisotopic (exact) mass is 256 g/mol. The summed E-state index contributed by atoms with van der Waals surface area (Å²) in [5, 5.41) is 7.14. The van der Waals surface area contributed by atoms with E-state index < -0.39 is 11.9 Å². The molecule has 0 amide bonds. The summed E-state index contributed by atoms with van der Waals surface area (Å²) < 4.78 is 10.6. The second-order valence-electron chi connectivity index (χ2n) is 3.68. The molecule has 0 saturated carbocycles. The van der Waals surface area contributed by atoms with E-state index in [2.05, 4.69) is 15.0 Å². The van der Waals surface area contributed by atoms with Crippen molar-refractivity contribution in [2.24, 2.45) is 0 Å². The number of anilines is 1. The van der Waals surface area contributed by atoms with E-state index in [1.807, 2.05) is 6.92 Å². The number of hydrogen-bond acceptors (Lipinski definition) is 7. The van der Waals surface area contributed by atoms with Crippen LogP contribution < -0.4 is 5.73 Å². The lowest BCUT2D eigenvalue weighted by molar-refractivity contribution is -0.149. The Kier molecular flexibility index (Phi) is 4.64. The second kappa shape index (κ2) is 5.99. The molecule has 0 aliphatic heterocycles. The molecule has 0 fully saturated rings. The van der Waals surface area contributed by atoms with Crippen LogP contribution in [0.3, 0.4) is 0 Å². The lowest BCUT2D eigenvalue weighted by Crippen LogP contribution is -2.21. The highest BCUT2D eigenvalue weighted by Gasteiger charge is 2.20. The van der Waals surface area contributed by atoms with Crippen LogP contribution in [0.5, 0.6) is 0 Å². The van der Waals surface area contributed by atoms with Gasteiger partial charge in [-0.25, -0.2) is 9.48 Å². The molecule has 8 heteroatoms. The van der Waals surface area contributed by atoms with Crippen LogP contribution in [0.1, 0.15) is 30.8 Å². The number of methoxy groups -OCH3 is 1. The largest absolute Gasteiger partial charge is 0.464 e. The van der Waals surface area contributed by atoms with Gasteiger partial charge in [-0.05, 0) is 13.3 Å². The Labute approximate surface area is 104 Å². The number of nitrogen functional groups attached to an aromatic ring is 1. The molecule has 0 bridgehead atoms. The Morgan fingerprint density at radius 2 is 2.17 bits per heavy atom. The molecule has 1 atom stereocenters. The van der Waals surface area contributed by atoms with Gasteiger partial charge in [0.25, 0.3) is 0 Å². The van der Waals surface area contributed by atoms with Crippen molar-refractivity contribution >= 4 is 17.8 Å². The first kappa shape index (κ1) is 13.9. The summed E-state index contributed by atoms with van der Waals surface area (Å²) in [6.07, 6.45) is 0.536. The minimum atomic E-state index is -0.700. The number of nitrogens with zero attached hydrogens (tertiary/aromatic N) is 3. The van der Waals surface area contributed by atoms with Gasteiger partial charge in [0, 0.05) is 0 Å². The highest BCUT2D eigenvalue weighted by Crippen LogP contribution is 2.09. The van der Waals surface area contributed by atoms with E-state index in [1.165, 1.54) is 7.11 Å². The Balaban J connectivity index is 2.71. The van der Waals surface area contributed by atoms with Gasteiger partial charge in [-0.2, -0.15) is 0 Å². The molecule has 1 aromatic rings. The molecule has 100 valence electrons. The first-order valence-electron chi connectivity index (χ1n) is 5.46. The average Bonchev–Trinajstić information content (AvgIpc) is 2.70. The summed E-state index contributed by atoms with van der Waals surface area (Å²) in [5.74, 6) is -1.21. The van der Waals surface area contributed by atoms with E-state index in [1.54, 1.807) is 6.92 Å². The Hall–Kier alpha value is -2.12. The smallest absolute Gasteiger partial charge is 0.362 e. The van der Waals surface area contributed by atoms with E-state index in [0.717, 1.165) is 4.68 Å². The fourth-order valence-electron chi connectivity index (χ4n) is 1.15. The topological polar surface area (TPSA) is 109 Å². The minimum absolute atomic E-state index is 0.0250. The predicted molar refractivity (Wildman–Crippen MR) is 61.6 cm³/mol. The van der Waals surface area contributed by atoms with Crippen molar-refractivity contribution in [3.63, 3.8) is 0 Å². The van der Waals surface area contributed by atoms with E-state index >= 15 is 0 Å². The molecule has 0 aliphatic rings. The lowest BCUT2D eigenvalue weighted by atomic mass is 10.3. The Morgan fingerprint density at radius 3 is 2.72 bits per heavy atom. The molecule has 1 rings (SSSR count). The molecule has 0 radical (unpaired) electrons. The standard InChI is InChI=1S/C10H16N4O4/c1-4-6(2)18-7(15)5-14-9(11)8(12-13-14)10(16)17-3/h6H,4-5,11H2,1-3H3. The zero-order valence-corrected chi connectivity index (χ0v) is 10.5. The maximum absolute atomic E-state index is 11.5. The predicted octanol–water partition coefficient (Wildman–Crippen LogP) is -0.0114. The molecule has 0 aliphatic carbocycles. The van der Waals surface area contributed by atoms with Crippen LogP contribution in [0, 0.1) is 0 Å². The van der Waals surface area contributed by atoms with Gasteiger partial charge in [0.1, 0.15) is 6.54 Å². The van der Waals surface area contributed by atoms with E-state index in [4.69, 9.17) is 10.5 Å². The van der Waals surface area contributed by atoms with Crippen molar-refractivity contribution < 1.29 is 19.1 Å². The number of carbonyl (C=O) groups excluding carboxylic acids is 2. The van der Waals surface area contributed by atoms with Crippen LogP contribution in [0.2, 0.25) is 0 Å². The number of aromatic nitrogens is 3. The Bertz CT molecular complexity index is 443. The molecule has 0 aromatic carbocycles. The zero-order valence-electron chi connectivity index (χ0n) is 10.5.